The van der Waals surface area contributed by atoms with Gasteiger partial charge in [-0.2, -0.15) is 4.37 Å². The van der Waals surface area contributed by atoms with E-state index in [0.29, 0.717) is 46.7 Å². The monoisotopic (exact) mass is 480 g/mol. The van der Waals surface area contributed by atoms with Crippen molar-refractivity contribution in [2.45, 2.75) is 19.4 Å². The molecule has 0 aliphatic carbocycles. The minimum atomic E-state index is -0.0627. The second kappa shape index (κ2) is 9.10. The van der Waals surface area contributed by atoms with Crippen LogP contribution in [0.15, 0.2) is 42.5 Å². The Labute approximate surface area is 194 Å². The third kappa shape index (κ3) is 4.89. The van der Waals surface area contributed by atoms with Crippen LogP contribution in [0.2, 0.25) is 15.1 Å². The standard InChI is InChI=1S/C21H19Cl3N4OS/c1-13-12-27(6-7-28(13)20(29)15-9-17(23)11-18(24)10-15)21-25-19(26-30-21)8-14-2-4-16(22)5-3-14/h2-5,9-11,13H,6-8,12H2,1H3. The Bertz CT molecular complexity index is 1040. The number of rotatable bonds is 4. The van der Waals surface area contributed by atoms with Gasteiger partial charge in [0.05, 0.1) is 0 Å². The summed E-state index contributed by atoms with van der Waals surface area (Å²) in [6, 6.07) is 12.7. The molecule has 30 heavy (non-hydrogen) atoms. The van der Waals surface area contributed by atoms with Crippen molar-refractivity contribution >= 4 is 57.4 Å². The smallest absolute Gasteiger partial charge is 0.254 e. The van der Waals surface area contributed by atoms with Crippen LogP contribution in [-0.2, 0) is 6.42 Å². The van der Waals surface area contributed by atoms with Crippen molar-refractivity contribution in [1.29, 1.82) is 0 Å². The Morgan fingerprint density at radius 2 is 1.77 bits per heavy atom. The van der Waals surface area contributed by atoms with Crippen molar-refractivity contribution in [2.24, 2.45) is 0 Å². The van der Waals surface area contributed by atoms with Crippen molar-refractivity contribution in [2.75, 3.05) is 24.5 Å². The third-order valence-corrected chi connectivity index (χ3v) is 6.50. The van der Waals surface area contributed by atoms with Crippen molar-refractivity contribution in [1.82, 2.24) is 14.3 Å². The first-order valence-corrected chi connectivity index (χ1v) is 11.4. The quantitative estimate of drug-likeness (QED) is 0.498. The van der Waals surface area contributed by atoms with Gasteiger partial charge in [0.25, 0.3) is 5.91 Å². The molecule has 5 nitrogen and oxygen atoms in total. The minimum absolute atomic E-state index is 0.0209. The molecule has 0 N–H and O–H groups in total. The van der Waals surface area contributed by atoms with Gasteiger partial charge in [-0.3, -0.25) is 4.79 Å². The van der Waals surface area contributed by atoms with Crippen LogP contribution in [0, 0.1) is 0 Å². The van der Waals surface area contributed by atoms with Gasteiger partial charge in [-0.1, -0.05) is 46.9 Å². The number of piperazine rings is 1. The Balaban J connectivity index is 1.41. The summed E-state index contributed by atoms with van der Waals surface area (Å²) in [5.41, 5.74) is 1.63. The maximum atomic E-state index is 12.9. The summed E-state index contributed by atoms with van der Waals surface area (Å²) in [5.74, 6) is 0.726. The van der Waals surface area contributed by atoms with Crippen LogP contribution in [0.1, 0.15) is 28.7 Å². The number of amides is 1. The van der Waals surface area contributed by atoms with Crippen LogP contribution in [0.25, 0.3) is 0 Å². The van der Waals surface area contributed by atoms with E-state index < -0.39 is 0 Å². The van der Waals surface area contributed by atoms with Crippen LogP contribution in [0.4, 0.5) is 5.13 Å². The van der Waals surface area contributed by atoms with Crippen molar-refractivity contribution in [3.63, 3.8) is 0 Å². The van der Waals surface area contributed by atoms with Gasteiger partial charge in [0.1, 0.15) is 5.82 Å². The van der Waals surface area contributed by atoms with E-state index in [1.54, 1.807) is 18.2 Å². The number of anilines is 1. The molecule has 1 saturated heterocycles. The lowest BCUT2D eigenvalue weighted by atomic mass is 10.1. The molecule has 1 unspecified atom stereocenters. The van der Waals surface area contributed by atoms with E-state index in [-0.39, 0.29) is 11.9 Å². The molecule has 1 aliphatic rings. The van der Waals surface area contributed by atoms with Gasteiger partial charge < -0.3 is 9.80 Å². The summed E-state index contributed by atoms with van der Waals surface area (Å²) < 4.78 is 4.50. The zero-order valence-electron chi connectivity index (χ0n) is 16.2. The topological polar surface area (TPSA) is 49.3 Å². The maximum absolute atomic E-state index is 12.9. The average molecular weight is 482 g/mol. The van der Waals surface area contributed by atoms with Crippen molar-refractivity contribution in [3.8, 4) is 0 Å². The van der Waals surface area contributed by atoms with E-state index in [1.807, 2.05) is 36.1 Å². The first-order valence-electron chi connectivity index (χ1n) is 9.48. The van der Waals surface area contributed by atoms with E-state index in [1.165, 1.54) is 11.5 Å². The van der Waals surface area contributed by atoms with Gasteiger partial charge >= 0.3 is 0 Å². The van der Waals surface area contributed by atoms with E-state index >= 15 is 0 Å². The molecule has 156 valence electrons. The molecule has 1 amide bonds. The number of benzene rings is 2. The first kappa shape index (κ1) is 21.4. The van der Waals surface area contributed by atoms with Crippen LogP contribution >= 0.6 is 46.3 Å². The number of carbonyl (C=O) groups is 1. The van der Waals surface area contributed by atoms with E-state index in [0.717, 1.165) is 16.5 Å². The van der Waals surface area contributed by atoms with Gasteiger partial charge in [-0.25, -0.2) is 4.98 Å². The number of aromatic nitrogens is 2. The SMILES string of the molecule is CC1CN(c2nc(Cc3ccc(Cl)cc3)ns2)CCN1C(=O)c1cc(Cl)cc(Cl)c1. The minimum Gasteiger partial charge on any atom is -0.343 e. The molecule has 9 heteroatoms. The third-order valence-electron chi connectivity index (χ3n) is 5.00. The highest BCUT2D eigenvalue weighted by molar-refractivity contribution is 7.09. The summed E-state index contributed by atoms with van der Waals surface area (Å²) in [5, 5.41) is 2.51. The highest BCUT2D eigenvalue weighted by Crippen LogP contribution is 2.25. The zero-order chi connectivity index (χ0) is 21.3. The number of nitrogens with zero attached hydrogens (tertiary/aromatic N) is 4. The molecular weight excluding hydrogens is 463 g/mol. The van der Waals surface area contributed by atoms with Crippen LogP contribution in [0.3, 0.4) is 0 Å². The molecule has 0 spiro atoms. The summed E-state index contributed by atoms with van der Waals surface area (Å²) in [6.07, 6.45) is 0.664. The fraction of sp³-hybridized carbons (Fsp3) is 0.286. The van der Waals surface area contributed by atoms with Gasteiger partial charge in [0.2, 0.25) is 5.13 Å². The largest absolute Gasteiger partial charge is 0.343 e. The molecule has 3 aromatic rings. The van der Waals surface area contributed by atoms with Crippen LogP contribution in [0.5, 0.6) is 0 Å². The number of hydrogen-bond acceptors (Lipinski definition) is 5. The summed E-state index contributed by atoms with van der Waals surface area (Å²) in [6.45, 7) is 4.01. The molecule has 1 fully saturated rings. The fourth-order valence-electron chi connectivity index (χ4n) is 3.51. The molecule has 1 aliphatic heterocycles. The second-order valence-electron chi connectivity index (χ2n) is 7.25. The molecule has 1 atom stereocenters. The molecular formula is C21H19Cl3N4OS. The lowest BCUT2D eigenvalue weighted by molar-refractivity contribution is 0.0674. The summed E-state index contributed by atoms with van der Waals surface area (Å²) in [7, 11) is 0. The molecule has 4 rings (SSSR count). The normalized spacial score (nSPS) is 16.7. The maximum Gasteiger partial charge on any atom is 0.254 e. The van der Waals surface area contributed by atoms with Crippen LogP contribution in [-0.4, -0.2) is 45.8 Å². The highest BCUT2D eigenvalue weighted by atomic mass is 35.5. The zero-order valence-corrected chi connectivity index (χ0v) is 19.3. The average Bonchev–Trinajstić information content (AvgIpc) is 3.17. The van der Waals surface area contributed by atoms with Gasteiger partial charge in [-0.15, -0.1) is 0 Å². The summed E-state index contributed by atoms with van der Waals surface area (Å²) in [4.78, 5) is 21.7. The van der Waals surface area contributed by atoms with E-state index in [2.05, 4.69) is 9.27 Å². The second-order valence-corrected chi connectivity index (χ2v) is 9.29. The molecule has 0 radical (unpaired) electrons. The molecule has 1 aromatic heterocycles. The number of halogens is 3. The molecule has 0 saturated carbocycles. The number of hydrogen-bond donors (Lipinski definition) is 0. The highest BCUT2D eigenvalue weighted by Gasteiger charge is 2.30. The van der Waals surface area contributed by atoms with Gasteiger partial charge in [0, 0.05) is 64.3 Å². The van der Waals surface area contributed by atoms with Crippen molar-refractivity contribution in [3.05, 3.63) is 74.5 Å². The van der Waals surface area contributed by atoms with Crippen LogP contribution < -0.4 is 4.90 Å². The fourth-order valence-corrected chi connectivity index (χ4v) is 4.88. The predicted molar refractivity (Wildman–Crippen MR) is 123 cm³/mol. The Kier molecular flexibility index (Phi) is 6.48. The first-order chi connectivity index (χ1) is 14.4. The lowest BCUT2D eigenvalue weighted by Gasteiger charge is -2.39. The van der Waals surface area contributed by atoms with E-state index in [9.17, 15) is 4.79 Å². The Hall–Kier alpha value is -1.86. The molecule has 2 aromatic carbocycles. The molecule has 0 bridgehead atoms. The molecule has 2 heterocycles. The van der Waals surface area contributed by atoms with Gasteiger partial charge in [0.15, 0.2) is 0 Å². The van der Waals surface area contributed by atoms with Crippen molar-refractivity contribution < 1.29 is 4.79 Å². The Morgan fingerprint density at radius 3 is 2.43 bits per heavy atom. The number of carbonyl (C=O) groups excluding carboxylic acids is 1. The lowest BCUT2D eigenvalue weighted by Crippen LogP contribution is -2.54. The predicted octanol–water partition coefficient (Wildman–Crippen LogP) is 5.44. The van der Waals surface area contributed by atoms with E-state index in [4.69, 9.17) is 39.8 Å². The Morgan fingerprint density at radius 1 is 1.07 bits per heavy atom. The summed E-state index contributed by atoms with van der Waals surface area (Å²) >= 11 is 19.5. The van der Waals surface area contributed by atoms with Gasteiger partial charge in [-0.05, 0) is 42.8 Å².